The van der Waals surface area contributed by atoms with E-state index in [1.165, 1.54) is 12.1 Å². The van der Waals surface area contributed by atoms with Gasteiger partial charge >= 0.3 is 5.97 Å². The van der Waals surface area contributed by atoms with Crippen LogP contribution >= 0.6 is 0 Å². The Morgan fingerprint density at radius 2 is 1.72 bits per heavy atom. The van der Waals surface area contributed by atoms with E-state index in [2.05, 4.69) is 5.32 Å². The molecule has 0 unspecified atom stereocenters. The number of rotatable bonds is 7. The van der Waals surface area contributed by atoms with E-state index >= 15 is 0 Å². The summed E-state index contributed by atoms with van der Waals surface area (Å²) in [5, 5.41) is 14.5. The monoisotopic (exact) mass is 492 g/mol. The third-order valence-electron chi connectivity index (χ3n) is 6.64. The van der Waals surface area contributed by atoms with Crippen LogP contribution in [-0.2, 0) is 14.3 Å². The van der Waals surface area contributed by atoms with Gasteiger partial charge in [-0.15, -0.1) is 0 Å². The van der Waals surface area contributed by atoms with E-state index in [4.69, 9.17) is 14.2 Å². The van der Waals surface area contributed by atoms with E-state index in [-0.39, 0.29) is 30.4 Å². The number of esters is 1. The average Bonchev–Trinajstić information content (AvgIpc) is 2.87. The fourth-order valence-corrected chi connectivity index (χ4v) is 4.98. The fraction of sp³-hybridized carbons (Fsp3) is 0.333. The van der Waals surface area contributed by atoms with Gasteiger partial charge in [-0.25, -0.2) is 4.79 Å². The first-order valence-corrected chi connectivity index (χ1v) is 11.7. The molecule has 0 saturated heterocycles. The highest BCUT2D eigenvalue weighted by molar-refractivity contribution is 6.04. The first-order valence-electron chi connectivity index (χ1n) is 11.7. The summed E-state index contributed by atoms with van der Waals surface area (Å²) in [6.07, 6.45) is 0.794. The van der Waals surface area contributed by atoms with Crippen molar-refractivity contribution in [3.05, 3.63) is 86.2 Å². The van der Waals surface area contributed by atoms with Crippen LogP contribution in [0, 0.1) is 10.1 Å². The number of non-ortho nitro benzene ring substituents is 1. The van der Waals surface area contributed by atoms with Gasteiger partial charge in [-0.2, -0.15) is 0 Å². The zero-order valence-corrected chi connectivity index (χ0v) is 20.6. The number of carbonyl (C=O) groups is 2. The van der Waals surface area contributed by atoms with Gasteiger partial charge in [0.1, 0.15) is 0 Å². The zero-order chi connectivity index (χ0) is 26.0. The van der Waals surface area contributed by atoms with E-state index < -0.39 is 16.8 Å². The molecule has 188 valence electrons. The first-order chi connectivity index (χ1) is 17.3. The smallest absolute Gasteiger partial charge is 0.336 e. The van der Waals surface area contributed by atoms with Crippen LogP contribution in [0.1, 0.15) is 49.7 Å². The molecule has 0 amide bonds. The lowest BCUT2D eigenvalue weighted by Gasteiger charge is -2.36. The minimum Gasteiger partial charge on any atom is -0.493 e. The third-order valence-corrected chi connectivity index (χ3v) is 6.64. The summed E-state index contributed by atoms with van der Waals surface area (Å²) < 4.78 is 16.1. The molecular weight excluding hydrogens is 464 g/mol. The molecule has 0 aromatic heterocycles. The molecule has 2 atom stereocenters. The van der Waals surface area contributed by atoms with Crippen LogP contribution in [-0.4, -0.2) is 37.5 Å². The van der Waals surface area contributed by atoms with E-state index in [1.807, 2.05) is 18.2 Å². The molecule has 4 rings (SSSR count). The Labute approximate surface area is 208 Å². The standard InChI is InChI=1S/C27H28N2O7/c1-5-36-27(31)24-15(2)28-20-12-18(17-8-11-22(34-3)23(14-17)35-4)13-21(30)26(20)25(24)16-6-9-19(10-7-16)29(32)33/h6-11,14,18,25,28H,5,12-13H2,1-4H3/t18-,25-/m0/s1. The second-order valence-electron chi connectivity index (χ2n) is 8.70. The number of nitro groups is 1. The minimum atomic E-state index is -0.681. The van der Waals surface area contributed by atoms with Crippen molar-refractivity contribution in [1.29, 1.82) is 0 Å². The van der Waals surface area contributed by atoms with Crippen molar-refractivity contribution in [3.8, 4) is 11.5 Å². The molecule has 1 heterocycles. The van der Waals surface area contributed by atoms with Crippen LogP contribution < -0.4 is 14.8 Å². The molecular formula is C27H28N2O7. The lowest BCUT2D eigenvalue weighted by molar-refractivity contribution is -0.384. The van der Waals surface area contributed by atoms with Gasteiger partial charge in [0.25, 0.3) is 5.69 Å². The topological polar surface area (TPSA) is 117 Å². The van der Waals surface area contributed by atoms with Crippen molar-refractivity contribution >= 4 is 17.4 Å². The number of benzene rings is 2. The predicted octanol–water partition coefficient (Wildman–Crippen LogP) is 4.54. The molecule has 0 bridgehead atoms. The zero-order valence-electron chi connectivity index (χ0n) is 20.6. The number of ketones is 1. The van der Waals surface area contributed by atoms with Crippen molar-refractivity contribution in [2.24, 2.45) is 0 Å². The first kappa shape index (κ1) is 25.0. The molecule has 0 fully saturated rings. The Kier molecular flexibility index (Phi) is 7.10. The Morgan fingerprint density at radius 3 is 2.33 bits per heavy atom. The summed E-state index contributed by atoms with van der Waals surface area (Å²) >= 11 is 0. The largest absolute Gasteiger partial charge is 0.493 e. The van der Waals surface area contributed by atoms with Crippen LogP contribution in [0.15, 0.2) is 65.0 Å². The molecule has 1 aliphatic carbocycles. The van der Waals surface area contributed by atoms with Crippen LogP contribution in [0.3, 0.4) is 0 Å². The summed E-state index contributed by atoms with van der Waals surface area (Å²) in [5.41, 5.74) is 3.66. The second-order valence-corrected chi connectivity index (χ2v) is 8.70. The highest BCUT2D eigenvalue weighted by Crippen LogP contribution is 2.46. The highest BCUT2D eigenvalue weighted by atomic mass is 16.6. The maximum atomic E-state index is 13.6. The number of nitrogens with zero attached hydrogens (tertiary/aromatic N) is 1. The molecule has 0 saturated carbocycles. The number of carbonyl (C=O) groups excluding carboxylic acids is 2. The number of nitrogens with one attached hydrogen (secondary N) is 1. The lowest BCUT2D eigenvalue weighted by Crippen LogP contribution is -2.36. The fourth-order valence-electron chi connectivity index (χ4n) is 4.98. The van der Waals surface area contributed by atoms with Crippen LogP contribution in [0.5, 0.6) is 11.5 Å². The molecule has 0 radical (unpaired) electrons. The molecule has 2 aromatic carbocycles. The number of Topliss-reactive ketones (excluding diaryl/α,β-unsaturated/α-hetero) is 1. The molecule has 1 N–H and O–H groups in total. The van der Waals surface area contributed by atoms with Crippen molar-refractivity contribution < 1.29 is 28.7 Å². The Hall–Kier alpha value is -4.14. The second kappa shape index (κ2) is 10.2. The van der Waals surface area contributed by atoms with Gasteiger partial charge in [0, 0.05) is 41.4 Å². The Morgan fingerprint density at radius 1 is 1.06 bits per heavy atom. The average molecular weight is 493 g/mol. The number of methoxy groups -OCH3 is 2. The normalized spacial score (nSPS) is 19.4. The number of nitro benzene ring substituents is 1. The number of hydrogen-bond acceptors (Lipinski definition) is 8. The summed E-state index contributed by atoms with van der Waals surface area (Å²) in [6, 6.07) is 11.6. The number of ether oxygens (including phenoxy) is 3. The van der Waals surface area contributed by atoms with Crippen molar-refractivity contribution in [2.45, 2.75) is 38.5 Å². The Bertz CT molecular complexity index is 1280. The van der Waals surface area contributed by atoms with Crippen LogP contribution in [0.2, 0.25) is 0 Å². The van der Waals surface area contributed by atoms with Gasteiger partial charge in [-0.1, -0.05) is 18.2 Å². The van der Waals surface area contributed by atoms with Gasteiger partial charge in [-0.3, -0.25) is 14.9 Å². The van der Waals surface area contributed by atoms with Crippen molar-refractivity contribution in [1.82, 2.24) is 5.32 Å². The summed E-state index contributed by atoms with van der Waals surface area (Å²) in [5.74, 6) is -0.204. The number of dihydropyridines is 1. The predicted molar refractivity (Wildman–Crippen MR) is 132 cm³/mol. The molecule has 0 spiro atoms. The molecule has 1 aliphatic heterocycles. The van der Waals surface area contributed by atoms with E-state index in [1.54, 1.807) is 40.2 Å². The summed E-state index contributed by atoms with van der Waals surface area (Å²) in [7, 11) is 3.14. The van der Waals surface area contributed by atoms with E-state index in [9.17, 15) is 19.7 Å². The summed E-state index contributed by atoms with van der Waals surface area (Å²) in [6.45, 7) is 3.68. The quantitative estimate of drug-likeness (QED) is 0.340. The third kappa shape index (κ3) is 4.56. The molecule has 36 heavy (non-hydrogen) atoms. The highest BCUT2D eigenvalue weighted by Gasteiger charge is 2.41. The number of allylic oxidation sites excluding steroid dienone is 3. The number of hydrogen-bond donors (Lipinski definition) is 1. The van der Waals surface area contributed by atoms with Gasteiger partial charge in [-0.05, 0) is 49.4 Å². The van der Waals surface area contributed by atoms with Gasteiger partial charge in [0.15, 0.2) is 17.3 Å². The van der Waals surface area contributed by atoms with Gasteiger partial charge in [0.2, 0.25) is 0 Å². The maximum absolute atomic E-state index is 13.6. The molecule has 9 nitrogen and oxygen atoms in total. The SMILES string of the molecule is CCOC(=O)C1=C(C)NC2=C(C(=O)C[C@@H](c3ccc(OC)c(OC)c3)C2)[C@H]1c1ccc([N+](=O)[O-])cc1. The van der Waals surface area contributed by atoms with E-state index in [0.717, 1.165) is 11.3 Å². The van der Waals surface area contributed by atoms with Crippen molar-refractivity contribution in [2.75, 3.05) is 20.8 Å². The Balaban J connectivity index is 1.77. The minimum absolute atomic E-state index is 0.0660. The molecule has 9 heteroatoms. The summed E-state index contributed by atoms with van der Waals surface area (Å²) in [4.78, 5) is 37.3. The van der Waals surface area contributed by atoms with Gasteiger partial charge < -0.3 is 19.5 Å². The lowest BCUT2D eigenvalue weighted by atomic mass is 9.71. The maximum Gasteiger partial charge on any atom is 0.336 e. The van der Waals surface area contributed by atoms with Crippen LogP contribution in [0.4, 0.5) is 5.69 Å². The van der Waals surface area contributed by atoms with E-state index in [0.29, 0.717) is 40.3 Å². The molecule has 2 aliphatic rings. The van der Waals surface area contributed by atoms with Crippen LogP contribution in [0.25, 0.3) is 0 Å². The van der Waals surface area contributed by atoms with Gasteiger partial charge in [0.05, 0.1) is 31.3 Å². The molecule has 2 aromatic rings. The van der Waals surface area contributed by atoms with Crippen molar-refractivity contribution in [3.63, 3.8) is 0 Å².